The van der Waals surface area contributed by atoms with Gasteiger partial charge in [-0.3, -0.25) is 4.90 Å². The zero-order valence-electron chi connectivity index (χ0n) is 11.9. The lowest BCUT2D eigenvalue weighted by Gasteiger charge is -2.35. The van der Waals surface area contributed by atoms with Gasteiger partial charge in [0.1, 0.15) is 5.65 Å². The van der Waals surface area contributed by atoms with Gasteiger partial charge in [0.25, 0.3) is 0 Å². The van der Waals surface area contributed by atoms with Crippen molar-refractivity contribution in [3.8, 4) is 0 Å². The normalized spacial score (nSPS) is 12.7. The van der Waals surface area contributed by atoms with Gasteiger partial charge in [-0.2, -0.15) is 0 Å². The average Bonchev–Trinajstić information content (AvgIpc) is 2.73. The molecule has 0 fully saturated rings. The lowest BCUT2D eigenvalue weighted by atomic mass is 10.2. The number of aromatic nitrogens is 2. The van der Waals surface area contributed by atoms with E-state index in [0.717, 1.165) is 5.65 Å². The molecule has 98 valence electrons. The van der Waals surface area contributed by atoms with Crippen molar-refractivity contribution in [2.75, 3.05) is 14.1 Å². The number of pyridine rings is 1. The fraction of sp³-hybridized carbons (Fsp3) is 0.312. The average molecular weight is 253 g/mol. The molecule has 3 rings (SSSR count). The Balaban J connectivity index is 2.50. The molecule has 0 aliphatic rings. The quantitative estimate of drug-likeness (QED) is 0.697. The number of para-hydroxylation sites is 1. The number of hydrogen-bond acceptors (Lipinski definition) is 2. The molecular formula is C16H19N3. The molecule has 2 heterocycles. The van der Waals surface area contributed by atoms with Crippen molar-refractivity contribution in [3.63, 3.8) is 0 Å². The van der Waals surface area contributed by atoms with Crippen LogP contribution in [0.2, 0.25) is 0 Å². The Labute approximate surface area is 113 Å². The van der Waals surface area contributed by atoms with Gasteiger partial charge in [0, 0.05) is 17.0 Å². The van der Waals surface area contributed by atoms with E-state index in [1.54, 1.807) is 0 Å². The van der Waals surface area contributed by atoms with E-state index in [1.165, 1.54) is 16.3 Å². The van der Waals surface area contributed by atoms with Gasteiger partial charge in [0.15, 0.2) is 0 Å². The fourth-order valence-electron chi connectivity index (χ4n) is 2.55. The monoisotopic (exact) mass is 253 g/mol. The maximum absolute atomic E-state index is 4.60. The standard InChI is InChI=1S/C16H19N3/c1-16(2,18(3)4)19-14-10-6-5-8-12(14)13-9-7-11-17-15(13)19/h5-11H,1-4H3. The molecule has 0 spiro atoms. The van der Waals surface area contributed by atoms with Crippen molar-refractivity contribution in [1.82, 2.24) is 14.5 Å². The summed E-state index contributed by atoms with van der Waals surface area (Å²) < 4.78 is 2.32. The summed E-state index contributed by atoms with van der Waals surface area (Å²) >= 11 is 0. The van der Waals surface area contributed by atoms with Gasteiger partial charge in [-0.15, -0.1) is 0 Å². The van der Waals surface area contributed by atoms with Crippen LogP contribution in [0.4, 0.5) is 0 Å². The van der Waals surface area contributed by atoms with Crippen LogP contribution in [0.5, 0.6) is 0 Å². The van der Waals surface area contributed by atoms with Gasteiger partial charge >= 0.3 is 0 Å². The molecular weight excluding hydrogens is 234 g/mol. The maximum atomic E-state index is 4.60. The second kappa shape index (κ2) is 4.07. The Hall–Kier alpha value is -1.87. The van der Waals surface area contributed by atoms with Gasteiger partial charge in [-0.25, -0.2) is 4.98 Å². The van der Waals surface area contributed by atoms with Crippen molar-refractivity contribution in [2.45, 2.75) is 19.5 Å². The van der Waals surface area contributed by atoms with Gasteiger partial charge in [-0.1, -0.05) is 18.2 Å². The Morgan fingerprint density at radius 1 is 1.00 bits per heavy atom. The predicted molar refractivity (Wildman–Crippen MR) is 80.2 cm³/mol. The fourth-order valence-corrected chi connectivity index (χ4v) is 2.55. The zero-order valence-corrected chi connectivity index (χ0v) is 11.9. The summed E-state index contributed by atoms with van der Waals surface area (Å²) in [4.78, 5) is 6.82. The topological polar surface area (TPSA) is 21.1 Å². The number of nitrogens with zero attached hydrogens (tertiary/aromatic N) is 3. The third-order valence-electron chi connectivity index (χ3n) is 4.08. The molecule has 2 aromatic heterocycles. The third kappa shape index (κ3) is 1.65. The van der Waals surface area contributed by atoms with E-state index in [9.17, 15) is 0 Å². The first-order valence-electron chi connectivity index (χ1n) is 6.55. The van der Waals surface area contributed by atoms with Gasteiger partial charge in [0.05, 0.1) is 11.2 Å². The first-order valence-corrected chi connectivity index (χ1v) is 6.55. The zero-order chi connectivity index (χ0) is 13.6. The Kier molecular flexibility index (Phi) is 2.61. The number of fused-ring (bicyclic) bond motifs is 3. The van der Waals surface area contributed by atoms with Crippen LogP contribution in [0.15, 0.2) is 42.6 Å². The van der Waals surface area contributed by atoms with Crippen LogP contribution >= 0.6 is 0 Å². The minimum Gasteiger partial charge on any atom is -0.307 e. The summed E-state index contributed by atoms with van der Waals surface area (Å²) in [5.74, 6) is 0. The van der Waals surface area contributed by atoms with Crippen LogP contribution < -0.4 is 0 Å². The number of rotatable bonds is 2. The molecule has 1 aromatic carbocycles. The highest BCUT2D eigenvalue weighted by Crippen LogP contribution is 2.33. The van der Waals surface area contributed by atoms with Crippen LogP contribution in [0.1, 0.15) is 13.8 Å². The summed E-state index contributed by atoms with van der Waals surface area (Å²) in [6.45, 7) is 4.43. The Morgan fingerprint density at radius 3 is 2.42 bits per heavy atom. The van der Waals surface area contributed by atoms with E-state index in [0.29, 0.717) is 0 Å². The van der Waals surface area contributed by atoms with Crippen molar-refractivity contribution in [1.29, 1.82) is 0 Å². The van der Waals surface area contributed by atoms with Crippen molar-refractivity contribution in [3.05, 3.63) is 42.6 Å². The van der Waals surface area contributed by atoms with Gasteiger partial charge in [0.2, 0.25) is 0 Å². The number of benzene rings is 1. The molecule has 0 N–H and O–H groups in total. The van der Waals surface area contributed by atoms with E-state index >= 15 is 0 Å². The lowest BCUT2D eigenvalue weighted by molar-refractivity contribution is 0.120. The molecule has 0 atom stereocenters. The van der Waals surface area contributed by atoms with E-state index in [1.807, 2.05) is 12.3 Å². The molecule has 0 bridgehead atoms. The van der Waals surface area contributed by atoms with Crippen LogP contribution in [-0.4, -0.2) is 28.5 Å². The molecule has 3 nitrogen and oxygen atoms in total. The van der Waals surface area contributed by atoms with E-state index < -0.39 is 0 Å². The summed E-state index contributed by atoms with van der Waals surface area (Å²) in [7, 11) is 4.20. The highest BCUT2D eigenvalue weighted by atomic mass is 15.3. The van der Waals surface area contributed by atoms with E-state index in [2.05, 4.69) is 72.7 Å². The van der Waals surface area contributed by atoms with Crippen molar-refractivity contribution >= 4 is 21.9 Å². The third-order valence-corrected chi connectivity index (χ3v) is 4.08. The van der Waals surface area contributed by atoms with Gasteiger partial charge in [-0.05, 0) is 46.1 Å². The molecule has 0 radical (unpaired) electrons. The van der Waals surface area contributed by atoms with Crippen LogP contribution in [0.3, 0.4) is 0 Å². The summed E-state index contributed by atoms with van der Waals surface area (Å²) in [6, 6.07) is 12.7. The molecule has 3 aromatic rings. The molecule has 0 unspecified atom stereocenters. The highest BCUT2D eigenvalue weighted by molar-refractivity contribution is 6.06. The molecule has 19 heavy (non-hydrogen) atoms. The van der Waals surface area contributed by atoms with E-state index in [-0.39, 0.29) is 5.66 Å². The largest absolute Gasteiger partial charge is 0.307 e. The molecule has 0 amide bonds. The summed E-state index contributed by atoms with van der Waals surface area (Å²) in [5, 5.41) is 2.48. The smallest absolute Gasteiger partial charge is 0.142 e. The highest BCUT2D eigenvalue weighted by Gasteiger charge is 2.27. The SMILES string of the molecule is CN(C)C(C)(C)n1c2ccccc2c2cccnc21. The minimum atomic E-state index is -0.129. The van der Waals surface area contributed by atoms with Crippen LogP contribution in [0.25, 0.3) is 21.9 Å². The maximum Gasteiger partial charge on any atom is 0.142 e. The van der Waals surface area contributed by atoms with Crippen LogP contribution in [-0.2, 0) is 5.66 Å². The molecule has 0 aliphatic carbocycles. The van der Waals surface area contributed by atoms with Crippen LogP contribution in [0, 0.1) is 0 Å². The minimum absolute atomic E-state index is 0.129. The first kappa shape index (κ1) is 12.2. The second-order valence-electron chi connectivity index (χ2n) is 5.62. The lowest BCUT2D eigenvalue weighted by Crippen LogP contribution is -2.41. The van der Waals surface area contributed by atoms with E-state index in [4.69, 9.17) is 0 Å². The first-order chi connectivity index (χ1) is 9.03. The predicted octanol–water partition coefficient (Wildman–Crippen LogP) is 3.44. The summed E-state index contributed by atoms with van der Waals surface area (Å²) in [5.41, 5.74) is 2.15. The second-order valence-corrected chi connectivity index (χ2v) is 5.62. The van der Waals surface area contributed by atoms with Crippen molar-refractivity contribution in [2.24, 2.45) is 0 Å². The summed E-state index contributed by atoms with van der Waals surface area (Å²) in [6.07, 6.45) is 1.86. The molecule has 0 saturated heterocycles. The van der Waals surface area contributed by atoms with Gasteiger partial charge < -0.3 is 4.57 Å². The van der Waals surface area contributed by atoms with Crippen molar-refractivity contribution < 1.29 is 0 Å². The Bertz CT molecular complexity index is 685. The molecule has 0 aliphatic heterocycles. The molecule has 0 saturated carbocycles. The Morgan fingerprint density at radius 2 is 1.68 bits per heavy atom. The molecule has 3 heteroatoms. The number of hydrogen-bond donors (Lipinski definition) is 0.